The van der Waals surface area contributed by atoms with Gasteiger partial charge in [-0.25, -0.2) is 0 Å². The molecule has 5 rings (SSSR count). The Labute approximate surface area is 196 Å². The zero-order valence-electron chi connectivity index (χ0n) is 18.4. The van der Waals surface area contributed by atoms with Crippen molar-refractivity contribution < 1.29 is 0 Å². The van der Waals surface area contributed by atoms with Gasteiger partial charge in [0.05, 0.1) is 34.2 Å². The van der Waals surface area contributed by atoms with E-state index in [9.17, 15) is 10.5 Å². The molecule has 0 amide bonds. The molecular weight excluding hydrogens is 440 g/mol. The molecule has 0 spiro atoms. The lowest BCUT2D eigenvalue weighted by atomic mass is 10.1. The standard InChI is InChI=1S/C22H23ClN10/c1-13-12-32(6-5-31(13)2)18-8-14(9-24)7-17(19(18)23)28-21-29-20-15(10-25)11-26-33(20)22(30-21)27-16-3-4-16/h7-8,11,13,16H,3-6,12H2,1-2H3,(H2,27,28,29,30)/t13-/m1/s1. The van der Waals surface area contributed by atoms with Crippen LogP contribution in [0.1, 0.15) is 30.9 Å². The SMILES string of the molecule is C[C@@H]1CN(c2cc(C#N)cc(Nc3nc(NC4CC4)n4ncc(C#N)c4n3)c2Cl)CCN1C. The van der Waals surface area contributed by atoms with Crippen molar-refractivity contribution in [2.24, 2.45) is 0 Å². The topological polar surface area (TPSA) is 121 Å². The van der Waals surface area contributed by atoms with Crippen LogP contribution >= 0.6 is 11.6 Å². The van der Waals surface area contributed by atoms with Gasteiger partial charge in [-0.1, -0.05) is 11.6 Å². The van der Waals surface area contributed by atoms with Gasteiger partial charge >= 0.3 is 0 Å². The van der Waals surface area contributed by atoms with E-state index in [4.69, 9.17) is 11.6 Å². The Morgan fingerprint density at radius 2 is 1.97 bits per heavy atom. The van der Waals surface area contributed by atoms with Crippen molar-refractivity contribution >= 4 is 40.5 Å². The number of fused-ring (bicyclic) bond motifs is 1. The van der Waals surface area contributed by atoms with E-state index in [-0.39, 0.29) is 5.95 Å². The number of piperazine rings is 1. The van der Waals surface area contributed by atoms with Crippen molar-refractivity contribution in [3.05, 3.63) is 34.5 Å². The van der Waals surface area contributed by atoms with Gasteiger partial charge in [0.25, 0.3) is 0 Å². The normalized spacial score (nSPS) is 18.7. The highest BCUT2D eigenvalue weighted by Crippen LogP contribution is 2.37. The molecule has 2 aliphatic rings. The fraction of sp³-hybridized carbons (Fsp3) is 0.409. The summed E-state index contributed by atoms with van der Waals surface area (Å²) in [5.74, 6) is 0.782. The zero-order valence-corrected chi connectivity index (χ0v) is 19.1. The molecule has 10 nitrogen and oxygen atoms in total. The number of halogens is 1. The third-order valence-corrected chi connectivity index (χ3v) is 6.53. The summed E-state index contributed by atoms with van der Waals surface area (Å²) in [5, 5.41) is 30.3. The van der Waals surface area contributed by atoms with E-state index >= 15 is 0 Å². The summed E-state index contributed by atoms with van der Waals surface area (Å²) in [5.41, 5.74) is 2.58. The summed E-state index contributed by atoms with van der Waals surface area (Å²) < 4.78 is 1.53. The van der Waals surface area contributed by atoms with Gasteiger partial charge in [-0.2, -0.15) is 30.1 Å². The lowest BCUT2D eigenvalue weighted by Gasteiger charge is -2.39. The van der Waals surface area contributed by atoms with E-state index in [1.807, 2.05) is 6.07 Å². The second kappa shape index (κ2) is 8.39. The molecule has 0 bridgehead atoms. The first-order valence-corrected chi connectivity index (χ1v) is 11.2. The smallest absolute Gasteiger partial charge is 0.232 e. The van der Waals surface area contributed by atoms with E-state index in [1.54, 1.807) is 6.07 Å². The van der Waals surface area contributed by atoms with E-state index in [2.05, 4.69) is 61.6 Å². The first-order chi connectivity index (χ1) is 16.0. The van der Waals surface area contributed by atoms with Gasteiger partial charge in [0, 0.05) is 31.7 Å². The van der Waals surface area contributed by atoms with Crippen LogP contribution in [0.15, 0.2) is 18.3 Å². The molecule has 168 valence electrons. The van der Waals surface area contributed by atoms with Crippen LogP contribution in [0.2, 0.25) is 5.02 Å². The third-order valence-electron chi connectivity index (χ3n) is 6.13. The largest absolute Gasteiger partial charge is 0.367 e. The predicted octanol–water partition coefficient (Wildman–Crippen LogP) is 2.98. The van der Waals surface area contributed by atoms with Crippen LogP contribution in [-0.4, -0.2) is 63.2 Å². The lowest BCUT2D eigenvalue weighted by molar-refractivity contribution is 0.234. The van der Waals surface area contributed by atoms with E-state index in [1.165, 1.54) is 10.7 Å². The van der Waals surface area contributed by atoms with Crippen LogP contribution in [0.3, 0.4) is 0 Å². The lowest BCUT2D eigenvalue weighted by Crippen LogP contribution is -2.50. The van der Waals surface area contributed by atoms with Gasteiger partial charge < -0.3 is 20.4 Å². The number of anilines is 4. The minimum atomic E-state index is 0.275. The molecule has 0 radical (unpaired) electrons. The second-order valence-corrected chi connectivity index (χ2v) is 8.94. The molecule has 1 aromatic carbocycles. The molecule has 1 saturated heterocycles. The first kappa shape index (κ1) is 21.3. The molecule has 1 atom stereocenters. The predicted molar refractivity (Wildman–Crippen MR) is 126 cm³/mol. The summed E-state index contributed by atoms with van der Waals surface area (Å²) in [7, 11) is 2.11. The number of hydrogen-bond donors (Lipinski definition) is 2. The minimum Gasteiger partial charge on any atom is -0.367 e. The number of likely N-dealkylation sites (N-methyl/N-ethyl adjacent to an activating group) is 1. The maximum atomic E-state index is 9.63. The zero-order chi connectivity index (χ0) is 23.1. The summed E-state index contributed by atoms with van der Waals surface area (Å²) in [6, 6.07) is 8.55. The molecule has 1 aliphatic carbocycles. The monoisotopic (exact) mass is 462 g/mol. The molecule has 2 N–H and O–H groups in total. The van der Waals surface area contributed by atoms with E-state index in [0.29, 0.717) is 45.5 Å². The molecular formula is C22H23ClN10. The van der Waals surface area contributed by atoms with Crippen LogP contribution in [0.4, 0.5) is 23.3 Å². The Morgan fingerprint density at radius 3 is 2.67 bits per heavy atom. The maximum Gasteiger partial charge on any atom is 0.232 e. The maximum absolute atomic E-state index is 9.63. The van der Waals surface area contributed by atoms with Crippen LogP contribution in [0, 0.1) is 22.7 Å². The Balaban J connectivity index is 1.54. The number of rotatable bonds is 5. The number of nitrogens with zero attached hydrogens (tertiary/aromatic N) is 8. The second-order valence-electron chi connectivity index (χ2n) is 8.56. The summed E-state index contributed by atoms with van der Waals surface area (Å²) in [4.78, 5) is 13.6. The van der Waals surface area contributed by atoms with Crippen LogP contribution in [-0.2, 0) is 0 Å². The summed E-state index contributed by atoms with van der Waals surface area (Å²) >= 11 is 6.83. The van der Waals surface area contributed by atoms with Gasteiger partial charge in [0.2, 0.25) is 11.9 Å². The Bertz CT molecular complexity index is 1300. The molecule has 2 fully saturated rings. The fourth-order valence-electron chi connectivity index (χ4n) is 3.90. The van der Waals surface area contributed by atoms with Crippen LogP contribution in [0.25, 0.3) is 5.65 Å². The molecule has 1 saturated carbocycles. The van der Waals surface area contributed by atoms with Crippen molar-refractivity contribution in [3.63, 3.8) is 0 Å². The number of nitrogens with one attached hydrogen (secondary N) is 2. The highest BCUT2D eigenvalue weighted by molar-refractivity contribution is 6.36. The van der Waals surface area contributed by atoms with Gasteiger partial charge in [-0.3, -0.25) is 0 Å². The van der Waals surface area contributed by atoms with Crippen molar-refractivity contribution in [2.45, 2.75) is 31.8 Å². The number of nitriles is 2. The number of benzene rings is 1. The first-order valence-electron chi connectivity index (χ1n) is 10.8. The molecule has 11 heteroatoms. The third kappa shape index (κ3) is 4.11. The quantitative estimate of drug-likeness (QED) is 0.589. The average molecular weight is 463 g/mol. The van der Waals surface area contributed by atoms with E-state index < -0.39 is 0 Å². The van der Waals surface area contributed by atoms with Crippen molar-refractivity contribution in [2.75, 3.05) is 42.2 Å². The van der Waals surface area contributed by atoms with Crippen molar-refractivity contribution in [1.82, 2.24) is 24.5 Å². The number of aromatic nitrogens is 4. The molecule has 1 aliphatic heterocycles. The van der Waals surface area contributed by atoms with Gasteiger partial charge in [0.15, 0.2) is 5.65 Å². The summed E-state index contributed by atoms with van der Waals surface area (Å²) in [6.45, 7) is 4.70. The molecule has 3 heterocycles. The molecule has 2 aromatic heterocycles. The van der Waals surface area contributed by atoms with Gasteiger partial charge in [0.1, 0.15) is 11.6 Å². The Hall–Kier alpha value is -3.60. The molecule has 0 unspecified atom stereocenters. The molecule has 3 aromatic rings. The van der Waals surface area contributed by atoms with E-state index in [0.717, 1.165) is 38.2 Å². The van der Waals surface area contributed by atoms with Crippen LogP contribution in [0.5, 0.6) is 0 Å². The highest BCUT2D eigenvalue weighted by Gasteiger charge is 2.26. The Morgan fingerprint density at radius 1 is 1.15 bits per heavy atom. The Kier molecular flexibility index (Phi) is 5.41. The number of hydrogen-bond acceptors (Lipinski definition) is 9. The minimum absolute atomic E-state index is 0.275. The fourth-order valence-corrected chi connectivity index (χ4v) is 4.17. The van der Waals surface area contributed by atoms with Crippen molar-refractivity contribution in [3.8, 4) is 12.1 Å². The van der Waals surface area contributed by atoms with Crippen LogP contribution < -0.4 is 15.5 Å². The van der Waals surface area contributed by atoms with Gasteiger partial charge in [-0.05, 0) is 38.9 Å². The van der Waals surface area contributed by atoms with Crippen molar-refractivity contribution in [1.29, 1.82) is 10.5 Å². The summed E-state index contributed by atoms with van der Waals surface area (Å²) in [6.07, 6.45) is 3.59. The highest BCUT2D eigenvalue weighted by atomic mass is 35.5. The molecule has 33 heavy (non-hydrogen) atoms. The average Bonchev–Trinajstić information content (AvgIpc) is 3.53. The van der Waals surface area contributed by atoms with Gasteiger partial charge in [-0.15, -0.1) is 0 Å².